The average Bonchev–Trinajstić information content (AvgIpc) is 2.44. The van der Waals surface area contributed by atoms with Crippen molar-refractivity contribution in [2.45, 2.75) is 26.3 Å². The molecule has 0 heterocycles. The van der Waals surface area contributed by atoms with E-state index in [1.54, 1.807) is 0 Å². The van der Waals surface area contributed by atoms with Crippen molar-refractivity contribution in [3.63, 3.8) is 0 Å². The van der Waals surface area contributed by atoms with Crippen molar-refractivity contribution in [3.8, 4) is 0 Å². The minimum Gasteiger partial charge on any atom is -0.382 e. The quantitative estimate of drug-likeness (QED) is 0.624. The van der Waals surface area contributed by atoms with Gasteiger partial charge in [0, 0.05) is 37.3 Å². The molecule has 0 saturated heterocycles. The highest BCUT2D eigenvalue weighted by Gasteiger charge is 2.00. The number of likely N-dealkylation sites (N-methyl/N-ethyl adjacent to an activating group) is 1. The van der Waals surface area contributed by atoms with Crippen molar-refractivity contribution in [2.75, 3.05) is 39.9 Å². The summed E-state index contributed by atoms with van der Waals surface area (Å²) in [5.74, 6) is 0. The molecular formula is C16H27BrN2O. The highest BCUT2D eigenvalue weighted by molar-refractivity contribution is 9.10. The summed E-state index contributed by atoms with van der Waals surface area (Å²) >= 11 is 3.46. The molecule has 1 aromatic rings. The average molecular weight is 343 g/mol. The van der Waals surface area contributed by atoms with E-state index in [1.165, 1.54) is 12.0 Å². The maximum atomic E-state index is 5.31. The summed E-state index contributed by atoms with van der Waals surface area (Å²) in [5, 5.41) is 3.48. The smallest absolute Gasteiger partial charge is 0.0466 e. The summed E-state index contributed by atoms with van der Waals surface area (Å²) in [4.78, 5) is 2.34. The van der Waals surface area contributed by atoms with Crippen LogP contribution in [0.25, 0.3) is 0 Å². The molecule has 20 heavy (non-hydrogen) atoms. The first-order valence-electron chi connectivity index (χ1n) is 7.44. The van der Waals surface area contributed by atoms with E-state index in [2.05, 4.69) is 57.5 Å². The molecule has 0 fully saturated rings. The molecule has 0 saturated carbocycles. The van der Waals surface area contributed by atoms with Crippen LogP contribution in [0.15, 0.2) is 28.7 Å². The Labute approximate surface area is 131 Å². The summed E-state index contributed by atoms with van der Waals surface area (Å²) in [6, 6.07) is 8.53. The Morgan fingerprint density at radius 2 is 1.90 bits per heavy atom. The van der Waals surface area contributed by atoms with Crippen molar-refractivity contribution in [2.24, 2.45) is 0 Å². The lowest BCUT2D eigenvalue weighted by atomic mass is 10.2. The molecule has 0 atom stereocenters. The number of nitrogens with zero attached hydrogens (tertiary/aromatic N) is 1. The second kappa shape index (κ2) is 11.3. The van der Waals surface area contributed by atoms with Gasteiger partial charge in [0.25, 0.3) is 0 Å². The number of hydrogen-bond acceptors (Lipinski definition) is 3. The van der Waals surface area contributed by atoms with Gasteiger partial charge in [-0.3, -0.25) is 0 Å². The molecule has 3 nitrogen and oxygen atoms in total. The molecular weight excluding hydrogens is 316 g/mol. The fourth-order valence-corrected chi connectivity index (χ4v) is 2.24. The Kier molecular flexibility index (Phi) is 9.93. The van der Waals surface area contributed by atoms with Crippen LogP contribution >= 0.6 is 15.9 Å². The number of rotatable bonds is 11. The predicted octanol–water partition coefficient (Wildman–Crippen LogP) is 3.29. The van der Waals surface area contributed by atoms with Crippen LogP contribution in [0.1, 0.15) is 25.3 Å². The standard InChI is InChI=1S/C16H27BrN2O/c1-3-20-13-5-4-10-18-11-12-19(2)14-15-6-8-16(17)9-7-15/h6-9,18H,3-5,10-14H2,1-2H3. The van der Waals surface area contributed by atoms with Gasteiger partial charge in [0.05, 0.1) is 0 Å². The van der Waals surface area contributed by atoms with E-state index in [0.717, 1.165) is 50.3 Å². The fraction of sp³-hybridized carbons (Fsp3) is 0.625. The summed E-state index contributed by atoms with van der Waals surface area (Å²) in [5.41, 5.74) is 1.35. The summed E-state index contributed by atoms with van der Waals surface area (Å²) < 4.78 is 6.45. The molecule has 0 aliphatic heterocycles. The second-order valence-corrected chi connectivity index (χ2v) is 5.93. The topological polar surface area (TPSA) is 24.5 Å². The van der Waals surface area contributed by atoms with Crippen LogP contribution < -0.4 is 5.32 Å². The lowest BCUT2D eigenvalue weighted by Gasteiger charge is -2.17. The third-order valence-electron chi connectivity index (χ3n) is 3.13. The van der Waals surface area contributed by atoms with E-state index in [4.69, 9.17) is 4.74 Å². The van der Waals surface area contributed by atoms with Crippen LogP contribution in [0.3, 0.4) is 0 Å². The van der Waals surface area contributed by atoms with Gasteiger partial charge in [-0.25, -0.2) is 0 Å². The van der Waals surface area contributed by atoms with Crippen LogP contribution in [-0.4, -0.2) is 44.8 Å². The number of hydrogen-bond donors (Lipinski definition) is 1. The Balaban J connectivity index is 2.00. The monoisotopic (exact) mass is 342 g/mol. The number of unbranched alkanes of at least 4 members (excludes halogenated alkanes) is 1. The largest absolute Gasteiger partial charge is 0.382 e. The van der Waals surface area contributed by atoms with Gasteiger partial charge in [0.2, 0.25) is 0 Å². The van der Waals surface area contributed by atoms with Gasteiger partial charge < -0.3 is 15.0 Å². The zero-order valence-corrected chi connectivity index (χ0v) is 14.3. The summed E-state index contributed by atoms with van der Waals surface area (Å²) in [6.45, 7) is 7.96. The van der Waals surface area contributed by atoms with Gasteiger partial charge in [-0.05, 0) is 51.1 Å². The van der Waals surface area contributed by atoms with E-state index in [1.807, 2.05) is 6.92 Å². The zero-order chi connectivity index (χ0) is 14.6. The fourth-order valence-electron chi connectivity index (χ4n) is 1.97. The van der Waals surface area contributed by atoms with Crippen LogP contribution in [0.5, 0.6) is 0 Å². The molecule has 1 rings (SSSR count). The molecule has 0 amide bonds. The first-order valence-corrected chi connectivity index (χ1v) is 8.23. The van der Waals surface area contributed by atoms with Crippen molar-refractivity contribution in [1.29, 1.82) is 0 Å². The Morgan fingerprint density at radius 3 is 2.60 bits per heavy atom. The third-order valence-corrected chi connectivity index (χ3v) is 3.66. The van der Waals surface area contributed by atoms with E-state index >= 15 is 0 Å². The molecule has 0 aliphatic rings. The van der Waals surface area contributed by atoms with Crippen LogP contribution in [0.2, 0.25) is 0 Å². The van der Waals surface area contributed by atoms with Gasteiger partial charge >= 0.3 is 0 Å². The molecule has 0 radical (unpaired) electrons. The van der Waals surface area contributed by atoms with Crippen molar-refractivity contribution in [3.05, 3.63) is 34.3 Å². The first kappa shape index (κ1) is 17.6. The van der Waals surface area contributed by atoms with Crippen molar-refractivity contribution >= 4 is 15.9 Å². The van der Waals surface area contributed by atoms with Crippen LogP contribution in [0, 0.1) is 0 Å². The number of ether oxygens (including phenoxy) is 1. The zero-order valence-electron chi connectivity index (χ0n) is 12.7. The van der Waals surface area contributed by atoms with Crippen LogP contribution in [0.4, 0.5) is 0 Å². The lowest BCUT2D eigenvalue weighted by molar-refractivity contribution is 0.143. The first-order chi connectivity index (χ1) is 9.72. The van der Waals surface area contributed by atoms with Gasteiger partial charge in [-0.15, -0.1) is 0 Å². The minimum atomic E-state index is 0.828. The maximum Gasteiger partial charge on any atom is 0.0466 e. The normalized spacial score (nSPS) is 11.2. The van der Waals surface area contributed by atoms with Gasteiger partial charge in [0.1, 0.15) is 0 Å². The SMILES string of the molecule is CCOCCCCNCCN(C)Cc1ccc(Br)cc1. The Hall–Kier alpha value is -0.420. The van der Waals surface area contributed by atoms with Crippen molar-refractivity contribution < 1.29 is 4.74 Å². The second-order valence-electron chi connectivity index (χ2n) is 5.02. The van der Waals surface area contributed by atoms with Gasteiger partial charge in [-0.2, -0.15) is 0 Å². The maximum absolute atomic E-state index is 5.31. The summed E-state index contributed by atoms with van der Waals surface area (Å²) in [6.07, 6.45) is 2.34. The predicted molar refractivity (Wildman–Crippen MR) is 89.1 cm³/mol. The number of nitrogens with one attached hydrogen (secondary N) is 1. The lowest BCUT2D eigenvalue weighted by Crippen LogP contribution is -2.29. The highest BCUT2D eigenvalue weighted by atomic mass is 79.9. The van der Waals surface area contributed by atoms with E-state index in [9.17, 15) is 0 Å². The Bertz CT molecular complexity index is 343. The molecule has 0 spiro atoms. The van der Waals surface area contributed by atoms with Gasteiger partial charge in [0.15, 0.2) is 0 Å². The highest BCUT2D eigenvalue weighted by Crippen LogP contribution is 2.11. The van der Waals surface area contributed by atoms with Gasteiger partial charge in [-0.1, -0.05) is 28.1 Å². The molecule has 1 aromatic carbocycles. The Morgan fingerprint density at radius 1 is 1.15 bits per heavy atom. The third kappa shape index (κ3) is 8.69. The van der Waals surface area contributed by atoms with Crippen LogP contribution in [-0.2, 0) is 11.3 Å². The molecule has 0 aromatic heterocycles. The minimum absolute atomic E-state index is 0.828. The molecule has 4 heteroatoms. The molecule has 0 bridgehead atoms. The number of benzene rings is 1. The van der Waals surface area contributed by atoms with E-state index in [0.29, 0.717) is 0 Å². The molecule has 0 unspecified atom stereocenters. The molecule has 114 valence electrons. The van der Waals surface area contributed by atoms with E-state index in [-0.39, 0.29) is 0 Å². The summed E-state index contributed by atoms with van der Waals surface area (Å²) in [7, 11) is 2.17. The number of halogens is 1. The van der Waals surface area contributed by atoms with Crippen molar-refractivity contribution in [1.82, 2.24) is 10.2 Å². The molecule has 0 aliphatic carbocycles. The van der Waals surface area contributed by atoms with E-state index < -0.39 is 0 Å². The molecule has 1 N–H and O–H groups in total.